The summed E-state index contributed by atoms with van der Waals surface area (Å²) in [5.41, 5.74) is 2.66. The van der Waals surface area contributed by atoms with Crippen molar-refractivity contribution in [2.24, 2.45) is 0 Å². The summed E-state index contributed by atoms with van der Waals surface area (Å²) >= 11 is 6.10. The lowest BCUT2D eigenvalue weighted by Crippen LogP contribution is -2.48. The first-order valence-electron chi connectivity index (χ1n) is 8.78. The Labute approximate surface area is 158 Å². The van der Waals surface area contributed by atoms with E-state index in [0.29, 0.717) is 11.4 Å². The number of H-pyrrole nitrogens is 1. The first-order valence-corrected chi connectivity index (χ1v) is 9.16. The fraction of sp³-hybridized carbons (Fsp3) is 0.316. The summed E-state index contributed by atoms with van der Waals surface area (Å²) < 4.78 is 0. The van der Waals surface area contributed by atoms with Crippen LogP contribution in [-0.4, -0.2) is 51.9 Å². The number of carbonyl (C=O) groups is 1. The van der Waals surface area contributed by atoms with Crippen LogP contribution in [-0.2, 0) is 4.79 Å². The van der Waals surface area contributed by atoms with Gasteiger partial charge < -0.3 is 14.8 Å². The molecule has 1 fully saturated rings. The Balaban J connectivity index is 0.00000210. The summed E-state index contributed by atoms with van der Waals surface area (Å²) in [7, 11) is 0. The zero-order valence-corrected chi connectivity index (χ0v) is 15.3. The highest BCUT2D eigenvalue weighted by Crippen LogP contribution is 2.29. The Morgan fingerprint density at radius 1 is 1.31 bits per heavy atom. The number of pyridine rings is 2. The summed E-state index contributed by atoms with van der Waals surface area (Å²) in [5.74, 6) is 1.14. The van der Waals surface area contributed by atoms with Crippen LogP contribution in [0.5, 0.6) is 0 Å². The van der Waals surface area contributed by atoms with Gasteiger partial charge in [-0.25, -0.2) is 9.97 Å². The largest absolute Gasteiger partial charge is 0.353 e. The number of anilines is 1. The number of hydrogen-bond donors (Lipinski definition) is 1. The van der Waals surface area contributed by atoms with Crippen LogP contribution in [0.1, 0.15) is 14.8 Å². The molecule has 3 aromatic rings. The van der Waals surface area contributed by atoms with Crippen LogP contribution in [0.3, 0.4) is 0 Å². The molecule has 6 nitrogen and oxygen atoms in total. The van der Waals surface area contributed by atoms with E-state index in [4.69, 9.17) is 16.6 Å². The summed E-state index contributed by atoms with van der Waals surface area (Å²) in [6.45, 7) is 4.98. The van der Waals surface area contributed by atoms with Gasteiger partial charge in [0.05, 0.1) is 10.7 Å². The lowest BCUT2D eigenvalue weighted by atomic mass is 10.1. The van der Waals surface area contributed by atoms with Gasteiger partial charge in [0.2, 0.25) is 5.91 Å². The lowest BCUT2D eigenvalue weighted by molar-refractivity contribution is -0.131. The third kappa shape index (κ3) is 3.12. The number of piperazine rings is 1. The van der Waals surface area contributed by atoms with Gasteiger partial charge in [-0.15, -0.1) is 0 Å². The highest BCUT2D eigenvalue weighted by Gasteiger charge is 2.21. The van der Waals surface area contributed by atoms with E-state index in [-0.39, 0.29) is 7.33 Å². The molecule has 0 radical (unpaired) electrons. The minimum absolute atomic E-state index is 0. The van der Waals surface area contributed by atoms with E-state index in [1.165, 1.54) is 0 Å². The topological polar surface area (TPSA) is 65.1 Å². The Morgan fingerprint density at radius 2 is 2.12 bits per heavy atom. The van der Waals surface area contributed by atoms with Crippen molar-refractivity contribution in [2.45, 2.75) is 13.3 Å². The molecule has 1 saturated heterocycles. The van der Waals surface area contributed by atoms with Gasteiger partial charge in [0.25, 0.3) is 0 Å². The van der Waals surface area contributed by atoms with Crippen molar-refractivity contribution in [3.05, 3.63) is 41.7 Å². The maximum atomic E-state index is 11.8. The molecule has 1 N–H and O–H groups in total. The molecule has 4 rings (SSSR count). The number of nitrogens with zero attached hydrogens (tertiary/aromatic N) is 4. The van der Waals surface area contributed by atoms with Crippen molar-refractivity contribution < 1.29 is 6.22 Å². The first-order chi connectivity index (χ1) is 12.7. The van der Waals surface area contributed by atoms with Crippen molar-refractivity contribution in [3.8, 4) is 11.3 Å². The van der Waals surface area contributed by atoms with E-state index < -0.39 is 0 Å². The van der Waals surface area contributed by atoms with Crippen LogP contribution >= 0.6 is 11.6 Å². The normalized spacial score (nSPS) is 14.8. The fourth-order valence-corrected chi connectivity index (χ4v) is 3.51. The molecular formula is C19H22ClN5O. The van der Waals surface area contributed by atoms with Gasteiger partial charge in [0.1, 0.15) is 11.5 Å². The van der Waals surface area contributed by atoms with Crippen LogP contribution < -0.4 is 4.90 Å². The standard InChI is InChI=1S/C19H20ClN5O.H2/c1-2-18(26)25-8-6-24(7-9-25)17-5-3-4-16(23-17)15-12-22-19-14(15)10-13(20)11-21-19;/h3-5,10-12H,2,6-9H2,1H3,(H,21,22);1H. The van der Waals surface area contributed by atoms with E-state index in [1.54, 1.807) is 6.20 Å². The van der Waals surface area contributed by atoms with Gasteiger partial charge in [0.15, 0.2) is 0 Å². The number of nitrogens with one attached hydrogen (secondary N) is 1. The maximum absolute atomic E-state index is 11.8. The van der Waals surface area contributed by atoms with Crippen LogP contribution in [0.2, 0.25) is 5.02 Å². The average molecular weight is 372 g/mol. The van der Waals surface area contributed by atoms with E-state index in [2.05, 4.69) is 14.9 Å². The Hall–Kier alpha value is -2.60. The number of rotatable bonds is 3. The molecule has 0 unspecified atom stereocenters. The van der Waals surface area contributed by atoms with Crippen molar-refractivity contribution >= 4 is 34.4 Å². The number of aromatic amines is 1. The minimum Gasteiger partial charge on any atom is -0.353 e. The molecule has 26 heavy (non-hydrogen) atoms. The summed E-state index contributed by atoms with van der Waals surface area (Å²) in [5, 5.41) is 1.56. The third-order valence-electron chi connectivity index (χ3n) is 4.77. The Bertz CT molecular complexity index is 952. The number of hydrogen-bond acceptors (Lipinski definition) is 4. The average Bonchev–Trinajstić information content (AvgIpc) is 3.10. The summed E-state index contributed by atoms with van der Waals surface area (Å²) in [6.07, 6.45) is 4.11. The van der Waals surface area contributed by atoms with E-state index >= 15 is 0 Å². The molecule has 3 aromatic heterocycles. The highest BCUT2D eigenvalue weighted by molar-refractivity contribution is 6.31. The first kappa shape index (κ1) is 16.8. The molecule has 136 valence electrons. The highest BCUT2D eigenvalue weighted by atomic mass is 35.5. The van der Waals surface area contributed by atoms with Crippen molar-refractivity contribution in [2.75, 3.05) is 31.1 Å². The van der Waals surface area contributed by atoms with Crippen LogP contribution in [0.4, 0.5) is 5.82 Å². The van der Waals surface area contributed by atoms with E-state index in [1.807, 2.05) is 42.3 Å². The monoisotopic (exact) mass is 371 g/mol. The summed E-state index contributed by atoms with van der Waals surface area (Å²) in [6, 6.07) is 7.92. The number of halogens is 1. The van der Waals surface area contributed by atoms with Gasteiger partial charge >= 0.3 is 0 Å². The molecular weight excluding hydrogens is 350 g/mol. The minimum atomic E-state index is 0. The molecule has 0 aliphatic carbocycles. The van der Waals surface area contributed by atoms with Gasteiger partial charge in [-0.3, -0.25) is 4.79 Å². The molecule has 0 saturated carbocycles. The maximum Gasteiger partial charge on any atom is 0.222 e. The number of carbonyl (C=O) groups excluding carboxylic acids is 1. The van der Waals surface area contributed by atoms with Gasteiger partial charge in [-0.1, -0.05) is 24.6 Å². The quantitative estimate of drug-likeness (QED) is 0.764. The van der Waals surface area contributed by atoms with E-state index in [0.717, 1.165) is 54.3 Å². The van der Waals surface area contributed by atoms with Crippen molar-refractivity contribution in [3.63, 3.8) is 0 Å². The SMILES string of the molecule is CCC(=O)N1CCN(c2cccc(-c3c[nH]c4ncc(Cl)cc34)n2)CC1.[HH]. The Kier molecular flexibility index (Phi) is 4.51. The molecule has 1 aliphatic heterocycles. The number of amides is 1. The van der Waals surface area contributed by atoms with Gasteiger partial charge in [-0.2, -0.15) is 0 Å². The second kappa shape index (κ2) is 6.96. The van der Waals surface area contributed by atoms with E-state index in [9.17, 15) is 4.79 Å². The number of fused-ring (bicyclic) bond motifs is 1. The van der Waals surface area contributed by atoms with Crippen molar-refractivity contribution in [1.82, 2.24) is 19.9 Å². The van der Waals surface area contributed by atoms with Gasteiger partial charge in [0, 0.05) is 57.4 Å². The fourth-order valence-electron chi connectivity index (χ4n) is 3.35. The third-order valence-corrected chi connectivity index (χ3v) is 4.97. The van der Waals surface area contributed by atoms with Crippen molar-refractivity contribution in [1.29, 1.82) is 0 Å². The smallest absolute Gasteiger partial charge is 0.222 e. The lowest BCUT2D eigenvalue weighted by Gasteiger charge is -2.35. The molecule has 0 bridgehead atoms. The molecule has 1 aliphatic rings. The van der Waals surface area contributed by atoms with Crippen LogP contribution in [0.15, 0.2) is 36.7 Å². The molecule has 0 aromatic carbocycles. The van der Waals surface area contributed by atoms with Crippen LogP contribution in [0.25, 0.3) is 22.3 Å². The molecule has 0 spiro atoms. The second-order valence-corrected chi connectivity index (χ2v) is 6.79. The Morgan fingerprint density at radius 3 is 2.88 bits per heavy atom. The molecule has 7 heteroatoms. The summed E-state index contributed by atoms with van der Waals surface area (Å²) in [4.78, 5) is 28.3. The van der Waals surface area contributed by atoms with Crippen LogP contribution in [0, 0.1) is 0 Å². The predicted octanol–water partition coefficient (Wildman–Crippen LogP) is 3.58. The number of aromatic nitrogens is 3. The second-order valence-electron chi connectivity index (χ2n) is 6.35. The zero-order chi connectivity index (χ0) is 18.1. The predicted molar refractivity (Wildman–Crippen MR) is 106 cm³/mol. The van der Waals surface area contributed by atoms with Gasteiger partial charge in [-0.05, 0) is 18.2 Å². The molecule has 1 amide bonds. The molecule has 4 heterocycles. The zero-order valence-electron chi connectivity index (χ0n) is 14.6. The molecule has 0 atom stereocenters.